The maximum atomic E-state index is 9.56. The van der Waals surface area contributed by atoms with Crippen LogP contribution in [0.2, 0.25) is 0 Å². The van der Waals surface area contributed by atoms with Crippen LogP contribution in [0, 0.1) is 0 Å². The Bertz CT molecular complexity index is 488. The first-order chi connectivity index (χ1) is 8.25. The van der Waals surface area contributed by atoms with Crippen LogP contribution in [0.5, 0.6) is 11.5 Å². The first-order valence-corrected chi connectivity index (χ1v) is 5.22. The summed E-state index contributed by atoms with van der Waals surface area (Å²) in [5, 5.41) is 21.9. The molecular formula is C12H13N3O2. The largest absolute Gasteiger partial charge is 0.508 e. The summed E-state index contributed by atoms with van der Waals surface area (Å²) in [6, 6.07) is 6.37. The van der Waals surface area contributed by atoms with E-state index in [0.29, 0.717) is 13.1 Å². The number of benzene rings is 1. The van der Waals surface area contributed by atoms with Gasteiger partial charge in [-0.25, -0.2) is 9.97 Å². The number of rotatable bonds is 4. The second-order valence-electron chi connectivity index (χ2n) is 3.62. The van der Waals surface area contributed by atoms with Gasteiger partial charge in [0.05, 0.1) is 5.69 Å². The van der Waals surface area contributed by atoms with Crippen molar-refractivity contribution in [2.75, 3.05) is 0 Å². The van der Waals surface area contributed by atoms with Gasteiger partial charge in [-0.3, -0.25) is 0 Å². The maximum Gasteiger partial charge on any atom is 0.123 e. The minimum Gasteiger partial charge on any atom is -0.508 e. The van der Waals surface area contributed by atoms with Crippen molar-refractivity contribution in [3.63, 3.8) is 0 Å². The van der Waals surface area contributed by atoms with E-state index in [0.717, 1.165) is 11.3 Å². The Morgan fingerprint density at radius 3 is 2.71 bits per heavy atom. The summed E-state index contributed by atoms with van der Waals surface area (Å²) in [4.78, 5) is 7.90. The fourth-order valence-electron chi connectivity index (χ4n) is 1.45. The molecule has 5 nitrogen and oxygen atoms in total. The van der Waals surface area contributed by atoms with Gasteiger partial charge in [0.15, 0.2) is 0 Å². The molecule has 0 aliphatic rings. The quantitative estimate of drug-likeness (QED) is 0.736. The molecule has 0 bridgehead atoms. The molecule has 1 aromatic heterocycles. The van der Waals surface area contributed by atoms with Gasteiger partial charge in [0, 0.05) is 30.9 Å². The van der Waals surface area contributed by atoms with Gasteiger partial charge in [0.25, 0.3) is 0 Å². The normalized spacial score (nSPS) is 10.4. The van der Waals surface area contributed by atoms with Gasteiger partial charge in [-0.1, -0.05) is 6.07 Å². The van der Waals surface area contributed by atoms with E-state index >= 15 is 0 Å². The standard InChI is InChI=1S/C12H13N3O2/c16-11-2-1-9(12(17)5-11)6-14-7-10-3-4-13-8-15-10/h1-5,8,14,16-17H,6-7H2. The summed E-state index contributed by atoms with van der Waals surface area (Å²) in [5.41, 5.74) is 1.62. The molecular weight excluding hydrogens is 218 g/mol. The van der Waals surface area contributed by atoms with E-state index < -0.39 is 0 Å². The number of phenols is 2. The summed E-state index contributed by atoms with van der Waals surface area (Å²) >= 11 is 0. The number of nitrogens with one attached hydrogen (secondary N) is 1. The Kier molecular flexibility index (Phi) is 3.52. The van der Waals surface area contributed by atoms with E-state index in [1.54, 1.807) is 18.3 Å². The smallest absolute Gasteiger partial charge is 0.123 e. The molecule has 5 heteroatoms. The molecule has 0 aliphatic carbocycles. The molecule has 88 valence electrons. The molecule has 0 saturated heterocycles. The molecule has 0 fully saturated rings. The van der Waals surface area contributed by atoms with Crippen molar-refractivity contribution in [1.82, 2.24) is 15.3 Å². The van der Waals surface area contributed by atoms with Gasteiger partial charge in [-0.05, 0) is 12.1 Å². The minimum absolute atomic E-state index is 0.0575. The van der Waals surface area contributed by atoms with Gasteiger partial charge in [-0.2, -0.15) is 0 Å². The second kappa shape index (κ2) is 5.27. The highest BCUT2D eigenvalue weighted by molar-refractivity contribution is 5.38. The second-order valence-corrected chi connectivity index (χ2v) is 3.62. The molecule has 0 aliphatic heterocycles. The third-order valence-corrected chi connectivity index (χ3v) is 2.33. The first-order valence-electron chi connectivity index (χ1n) is 5.22. The fraction of sp³-hybridized carbons (Fsp3) is 0.167. The number of aromatic nitrogens is 2. The van der Waals surface area contributed by atoms with Gasteiger partial charge in [0.1, 0.15) is 17.8 Å². The van der Waals surface area contributed by atoms with E-state index in [2.05, 4.69) is 15.3 Å². The van der Waals surface area contributed by atoms with Crippen LogP contribution in [0.3, 0.4) is 0 Å². The van der Waals surface area contributed by atoms with Crippen LogP contribution in [-0.4, -0.2) is 20.2 Å². The van der Waals surface area contributed by atoms with E-state index in [-0.39, 0.29) is 11.5 Å². The zero-order valence-electron chi connectivity index (χ0n) is 9.17. The Morgan fingerprint density at radius 2 is 2.00 bits per heavy atom. The zero-order valence-corrected chi connectivity index (χ0v) is 9.17. The van der Waals surface area contributed by atoms with Crippen LogP contribution in [0.15, 0.2) is 36.8 Å². The van der Waals surface area contributed by atoms with Crippen LogP contribution in [0.4, 0.5) is 0 Å². The first kappa shape index (κ1) is 11.3. The average molecular weight is 231 g/mol. The lowest BCUT2D eigenvalue weighted by molar-refractivity contribution is 0.443. The molecule has 2 rings (SSSR count). The van der Waals surface area contributed by atoms with Crippen molar-refractivity contribution in [3.05, 3.63) is 48.0 Å². The predicted octanol–water partition coefficient (Wildman–Crippen LogP) is 1.18. The highest BCUT2D eigenvalue weighted by Gasteiger charge is 2.01. The lowest BCUT2D eigenvalue weighted by atomic mass is 10.2. The maximum absolute atomic E-state index is 9.56. The molecule has 0 saturated carbocycles. The van der Waals surface area contributed by atoms with Gasteiger partial charge < -0.3 is 15.5 Å². The Balaban J connectivity index is 1.90. The molecule has 0 spiro atoms. The van der Waals surface area contributed by atoms with E-state index in [4.69, 9.17) is 5.11 Å². The summed E-state index contributed by atoms with van der Waals surface area (Å²) in [6.07, 6.45) is 3.18. The summed E-state index contributed by atoms with van der Waals surface area (Å²) < 4.78 is 0. The highest BCUT2D eigenvalue weighted by Crippen LogP contribution is 2.22. The Morgan fingerprint density at radius 1 is 1.12 bits per heavy atom. The average Bonchev–Trinajstić information content (AvgIpc) is 2.33. The number of hydrogen-bond acceptors (Lipinski definition) is 5. The topological polar surface area (TPSA) is 78.3 Å². The third-order valence-electron chi connectivity index (χ3n) is 2.33. The fourth-order valence-corrected chi connectivity index (χ4v) is 1.45. The molecule has 0 atom stereocenters. The molecule has 0 unspecified atom stereocenters. The third kappa shape index (κ3) is 3.15. The number of nitrogens with zero attached hydrogens (tertiary/aromatic N) is 2. The van der Waals surface area contributed by atoms with Crippen LogP contribution in [-0.2, 0) is 13.1 Å². The van der Waals surface area contributed by atoms with Gasteiger partial charge in [-0.15, -0.1) is 0 Å². The van der Waals surface area contributed by atoms with Crippen LogP contribution < -0.4 is 5.32 Å². The Labute approximate surface area is 98.8 Å². The zero-order chi connectivity index (χ0) is 12.1. The minimum atomic E-state index is 0.0575. The molecule has 17 heavy (non-hydrogen) atoms. The van der Waals surface area contributed by atoms with E-state index in [9.17, 15) is 5.11 Å². The molecule has 0 amide bonds. The van der Waals surface area contributed by atoms with Crippen LogP contribution in [0.25, 0.3) is 0 Å². The van der Waals surface area contributed by atoms with Crippen molar-refractivity contribution in [3.8, 4) is 11.5 Å². The van der Waals surface area contributed by atoms with Crippen molar-refractivity contribution in [2.45, 2.75) is 13.1 Å². The van der Waals surface area contributed by atoms with E-state index in [1.165, 1.54) is 12.4 Å². The molecule has 3 N–H and O–H groups in total. The number of phenolic OH excluding ortho intramolecular Hbond substituents is 2. The van der Waals surface area contributed by atoms with Crippen molar-refractivity contribution < 1.29 is 10.2 Å². The predicted molar refractivity (Wildman–Crippen MR) is 62.3 cm³/mol. The monoisotopic (exact) mass is 231 g/mol. The highest BCUT2D eigenvalue weighted by atomic mass is 16.3. The van der Waals surface area contributed by atoms with Crippen molar-refractivity contribution >= 4 is 0 Å². The van der Waals surface area contributed by atoms with Crippen molar-refractivity contribution in [2.24, 2.45) is 0 Å². The number of hydrogen-bond donors (Lipinski definition) is 3. The SMILES string of the molecule is Oc1ccc(CNCc2ccncn2)c(O)c1. The van der Waals surface area contributed by atoms with Crippen LogP contribution >= 0.6 is 0 Å². The molecule has 2 aromatic rings. The Hall–Kier alpha value is -2.14. The number of aromatic hydroxyl groups is 2. The summed E-state index contributed by atoms with van der Waals surface area (Å²) in [6.45, 7) is 1.11. The summed E-state index contributed by atoms with van der Waals surface area (Å²) in [5.74, 6) is 0.141. The lowest BCUT2D eigenvalue weighted by Crippen LogP contribution is -2.13. The summed E-state index contributed by atoms with van der Waals surface area (Å²) in [7, 11) is 0. The lowest BCUT2D eigenvalue weighted by Gasteiger charge is -2.06. The molecule has 1 heterocycles. The van der Waals surface area contributed by atoms with Crippen molar-refractivity contribution in [1.29, 1.82) is 0 Å². The van der Waals surface area contributed by atoms with Gasteiger partial charge >= 0.3 is 0 Å². The molecule has 0 radical (unpaired) electrons. The van der Waals surface area contributed by atoms with Gasteiger partial charge in [0.2, 0.25) is 0 Å². The van der Waals surface area contributed by atoms with E-state index in [1.807, 2.05) is 6.07 Å². The molecule has 1 aromatic carbocycles. The van der Waals surface area contributed by atoms with Crippen LogP contribution in [0.1, 0.15) is 11.3 Å².